The number of nitrogens with zero attached hydrogens (tertiary/aromatic N) is 3. The third-order valence-corrected chi connectivity index (χ3v) is 3.15. The first kappa shape index (κ1) is 15.4. The highest BCUT2D eigenvalue weighted by Gasteiger charge is 2.11. The van der Waals surface area contributed by atoms with E-state index in [0.717, 1.165) is 28.5 Å². The van der Waals surface area contributed by atoms with Crippen molar-refractivity contribution in [2.75, 3.05) is 18.4 Å². The second-order valence-corrected chi connectivity index (χ2v) is 4.73. The third-order valence-electron chi connectivity index (χ3n) is 3.15. The van der Waals surface area contributed by atoms with Gasteiger partial charge in [0.25, 0.3) is 5.56 Å². The maximum atomic E-state index is 11.9. The number of hydrogen-bond donors (Lipinski definition) is 2. The molecule has 1 atom stereocenters. The highest BCUT2D eigenvalue weighted by molar-refractivity contribution is 5.29. The molecule has 0 bridgehead atoms. The van der Waals surface area contributed by atoms with Gasteiger partial charge in [0, 0.05) is 20.6 Å². The van der Waals surface area contributed by atoms with E-state index in [1.807, 2.05) is 0 Å². The van der Waals surface area contributed by atoms with Crippen molar-refractivity contribution in [1.82, 2.24) is 14.3 Å². The number of nitrogens with two attached hydrogens (primary N) is 1. The molecule has 0 radical (unpaired) electrons. The molecule has 1 unspecified atom stereocenters. The molecule has 1 heterocycles. The zero-order chi connectivity index (χ0) is 14.4. The average molecular weight is 269 g/mol. The fourth-order valence-corrected chi connectivity index (χ4v) is 2.04. The maximum Gasteiger partial charge on any atom is 0.346 e. The standard InChI is InChI=1S/C12H23N5O2/c1-4-5-9(6-7-13)8-14-10-11(18)16(2)12(19)17(3)15-10/h9H,4-8,13H2,1-3H3,(H,14,15). The summed E-state index contributed by atoms with van der Waals surface area (Å²) >= 11 is 0. The summed E-state index contributed by atoms with van der Waals surface area (Å²) in [6, 6.07) is 0. The second-order valence-electron chi connectivity index (χ2n) is 4.73. The quantitative estimate of drug-likeness (QED) is 0.706. The molecule has 0 fully saturated rings. The van der Waals surface area contributed by atoms with Crippen LogP contribution in [0.2, 0.25) is 0 Å². The highest BCUT2D eigenvalue weighted by atomic mass is 16.2. The molecule has 7 nitrogen and oxygen atoms in total. The third kappa shape index (κ3) is 3.92. The van der Waals surface area contributed by atoms with Crippen LogP contribution in [-0.4, -0.2) is 27.4 Å². The van der Waals surface area contributed by atoms with Crippen molar-refractivity contribution in [3.8, 4) is 0 Å². The fraction of sp³-hybridized carbons (Fsp3) is 0.750. The molecule has 1 aromatic heterocycles. The molecule has 19 heavy (non-hydrogen) atoms. The Morgan fingerprint density at radius 3 is 2.58 bits per heavy atom. The smallest absolute Gasteiger partial charge is 0.346 e. The van der Waals surface area contributed by atoms with Gasteiger partial charge >= 0.3 is 5.69 Å². The van der Waals surface area contributed by atoms with Gasteiger partial charge in [-0.15, -0.1) is 5.10 Å². The molecular formula is C12H23N5O2. The topological polar surface area (TPSA) is 94.9 Å². The molecule has 0 aromatic carbocycles. The Morgan fingerprint density at radius 2 is 2.00 bits per heavy atom. The van der Waals surface area contributed by atoms with E-state index < -0.39 is 11.2 Å². The monoisotopic (exact) mass is 269 g/mol. The van der Waals surface area contributed by atoms with Crippen LogP contribution < -0.4 is 22.3 Å². The van der Waals surface area contributed by atoms with Crippen LogP contribution in [0.15, 0.2) is 9.59 Å². The molecule has 108 valence electrons. The molecule has 0 aliphatic carbocycles. The van der Waals surface area contributed by atoms with Crippen LogP contribution in [0.4, 0.5) is 5.82 Å². The lowest BCUT2D eigenvalue weighted by Gasteiger charge is -2.16. The summed E-state index contributed by atoms with van der Waals surface area (Å²) in [6.45, 7) is 3.39. The van der Waals surface area contributed by atoms with Gasteiger partial charge in [-0.3, -0.25) is 9.36 Å². The van der Waals surface area contributed by atoms with Crippen molar-refractivity contribution in [1.29, 1.82) is 0 Å². The normalized spacial score (nSPS) is 12.4. The van der Waals surface area contributed by atoms with Crippen LogP contribution in [0, 0.1) is 5.92 Å². The van der Waals surface area contributed by atoms with Crippen molar-refractivity contribution in [2.45, 2.75) is 26.2 Å². The van der Waals surface area contributed by atoms with Gasteiger partial charge < -0.3 is 11.1 Å². The zero-order valence-electron chi connectivity index (χ0n) is 11.8. The lowest BCUT2D eigenvalue weighted by molar-refractivity contribution is 0.471. The Hall–Kier alpha value is -1.63. The molecule has 1 rings (SSSR count). The van der Waals surface area contributed by atoms with Gasteiger partial charge in [0.15, 0.2) is 0 Å². The number of rotatable bonds is 7. The van der Waals surface area contributed by atoms with Gasteiger partial charge in [-0.2, -0.15) is 0 Å². The van der Waals surface area contributed by atoms with Crippen LogP contribution in [0.25, 0.3) is 0 Å². The molecule has 3 N–H and O–H groups in total. The van der Waals surface area contributed by atoms with Crippen LogP contribution in [-0.2, 0) is 14.1 Å². The molecule has 0 saturated carbocycles. The Labute approximate surface area is 112 Å². The van der Waals surface area contributed by atoms with Gasteiger partial charge in [0.1, 0.15) is 0 Å². The average Bonchev–Trinajstić information content (AvgIpc) is 2.39. The first-order valence-electron chi connectivity index (χ1n) is 6.59. The summed E-state index contributed by atoms with van der Waals surface area (Å²) < 4.78 is 2.20. The number of anilines is 1. The van der Waals surface area contributed by atoms with Gasteiger partial charge in [-0.05, 0) is 25.3 Å². The van der Waals surface area contributed by atoms with E-state index in [9.17, 15) is 9.59 Å². The minimum Gasteiger partial charge on any atom is -0.364 e. The van der Waals surface area contributed by atoms with Gasteiger partial charge in [0.2, 0.25) is 5.82 Å². The number of nitrogens with one attached hydrogen (secondary N) is 1. The van der Waals surface area contributed by atoms with Gasteiger partial charge in [0.05, 0.1) is 0 Å². The van der Waals surface area contributed by atoms with E-state index in [-0.39, 0.29) is 5.82 Å². The summed E-state index contributed by atoms with van der Waals surface area (Å²) in [7, 11) is 2.97. The molecule has 7 heteroatoms. The minimum absolute atomic E-state index is 0.211. The second kappa shape index (κ2) is 7.08. The zero-order valence-corrected chi connectivity index (χ0v) is 11.8. The lowest BCUT2D eigenvalue weighted by Crippen LogP contribution is -2.40. The van der Waals surface area contributed by atoms with E-state index in [1.54, 1.807) is 0 Å². The van der Waals surface area contributed by atoms with Crippen molar-refractivity contribution < 1.29 is 0 Å². The first-order chi connectivity index (χ1) is 9.01. The van der Waals surface area contributed by atoms with E-state index in [2.05, 4.69) is 17.3 Å². The van der Waals surface area contributed by atoms with Crippen molar-refractivity contribution in [3.63, 3.8) is 0 Å². The number of aromatic nitrogens is 3. The van der Waals surface area contributed by atoms with E-state index in [1.165, 1.54) is 14.1 Å². The Balaban J connectivity index is 2.83. The number of hydrogen-bond acceptors (Lipinski definition) is 5. The Kier molecular flexibility index (Phi) is 5.75. The predicted octanol–water partition coefficient (Wildman–Crippen LogP) is -0.344. The van der Waals surface area contributed by atoms with Gasteiger partial charge in [-0.1, -0.05) is 13.3 Å². The molecule has 0 amide bonds. The summed E-state index contributed by atoms with van der Waals surface area (Å²) in [5.74, 6) is 0.626. The molecule has 0 saturated heterocycles. The SMILES string of the molecule is CCCC(CCN)CNc1nn(C)c(=O)n(C)c1=O. The van der Waals surface area contributed by atoms with Crippen molar-refractivity contribution >= 4 is 5.82 Å². The summed E-state index contributed by atoms with van der Waals surface area (Å²) in [5.41, 5.74) is 4.75. The van der Waals surface area contributed by atoms with Crippen molar-refractivity contribution in [2.24, 2.45) is 25.7 Å². The summed E-state index contributed by atoms with van der Waals surface area (Å²) in [6.07, 6.45) is 3.04. The minimum atomic E-state index is -0.428. The molecule has 1 aromatic rings. The van der Waals surface area contributed by atoms with Crippen LogP contribution in [0.1, 0.15) is 26.2 Å². The summed E-state index contributed by atoms with van der Waals surface area (Å²) in [5, 5.41) is 6.99. The Morgan fingerprint density at radius 1 is 1.32 bits per heavy atom. The number of aryl methyl sites for hydroxylation is 1. The summed E-state index contributed by atoms with van der Waals surface area (Å²) in [4.78, 5) is 23.4. The van der Waals surface area contributed by atoms with E-state index >= 15 is 0 Å². The van der Waals surface area contributed by atoms with E-state index in [0.29, 0.717) is 19.0 Å². The maximum absolute atomic E-state index is 11.9. The van der Waals surface area contributed by atoms with Gasteiger partial charge in [-0.25, -0.2) is 9.48 Å². The van der Waals surface area contributed by atoms with E-state index in [4.69, 9.17) is 5.73 Å². The molecule has 0 aliphatic heterocycles. The van der Waals surface area contributed by atoms with Crippen LogP contribution in [0.5, 0.6) is 0 Å². The Bertz CT molecular complexity index is 514. The molecule has 0 spiro atoms. The fourth-order valence-electron chi connectivity index (χ4n) is 2.04. The van der Waals surface area contributed by atoms with Crippen LogP contribution >= 0.6 is 0 Å². The van der Waals surface area contributed by atoms with Crippen molar-refractivity contribution in [3.05, 3.63) is 20.8 Å². The molecule has 0 aliphatic rings. The highest BCUT2D eigenvalue weighted by Crippen LogP contribution is 2.10. The predicted molar refractivity (Wildman–Crippen MR) is 75.3 cm³/mol. The van der Waals surface area contributed by atoms with Crippen LogP contribution in [0.3, 0.4) is 0 Å². The molecular weight excluding hydrogens is 246 g/mol. The lowest BCUT2D eigenvalue weighted by atomic mass is 10.00. The largest absolute Gasteiger partial charge is 0.364 e. The first-order valence-corrected chi connectivity index (χ1v) is 6.59.